The SMILES string of the molecule is O=S1CCN(S(=O)(=O)c2ccc(O)cc2)CC1. The number of hydrogen-bond acceptors (Lipinski definition) is 4. The molecule has 0 radical (unpaired) electrons. The van der Waals surface area contributed by atoms with Crippen molar-refractivity contribution in [1.82, 2.24) is 4.31 Å². The first-order chi connectivity index (χ1) is 8.00. The number of rotatable bonds is 2. The summed E-state index contributed by atoms with van der Waals surface area (Å²) in [5.74, 6) is 0.804. The Morgan fingerprint density at radius 3 is 2.18 bits per heavy atom. The lowest BCUT2D eigenvalue weighted by molar-refractivity contribution is 0.438. The molecular formula is C10H13NO4S2. The molecule has 1 aliphatic rings. The molecule has 0 aromatic heterocycles. The second-order valence-corrected chi connectivity index (χ2v) is 7.38. The van der Waals surface area contributed by atoms with Crippen molar-refractivity contribution in [1.29, 1.82) is 0 Å². The average molecular weight is 275 g/mol. The second kappa shape index (κ2) is 4.75. The van der Waals surface area contributed by atoms with E-state index < -0.39 is 20.8 Å². The van der Waals surface area contributed by atoms with Gasteiger partial charge in [-0.05, 0) is 24.3 Å². The van der Waals surface area contributed by atoms with E-state index in [0.29, 0.717) is 11.5 Å². The number of hydrogen-bond donors (Lipinski definition) is 1. The highest BCUT2D eigenvalue weighted by atomic mass is 32.2. The Bertz CT molecular complexity index is 514. The minimum Gasteiger partial charge on any atom is -0.508 e. The normalized spacial score (nSPS) is 19.3. The van der Waals surface area contributed by atoms with Gasteiger partial charge in [0.15, 0.2) is 0 Å². The van der Waals surface area contributed by atoms with Gasteiger partial charge in [-0.3, -0.25) is 4.21 Å². The summed E-state index contributed by atoms with van der Waals surface area (Å²) in [6.07, 6.45) is 0. The Kier molecular flexibility index (Phi) is 3.50. The Hall–Kier alpha value is -0.920. The highest BCUT2D eigenvalue weighted by Gasteiger charge is 2.27. The summed E-state index contributed by atoms with van der Waals surface area (Å²) in [7, 11) is -4.42. The standard InChI is InChI=1S/C10H13NO4S2/c12-9-1-3-10(4-2-9)17(14,15)11-5-7-16(13)8-6-11/h1-4,12H,5-8H2. The number of phenolic OH excluding ortho intramolecular Hbond substituents is 1. The number of nitrogens with zero attached hydrogens (tertiary/aromatic N) is 1. The Labute approximate surface area is 103 Å². The zero-order valence-corrected chi connectivity index (χ0v) is 10.7. The molecule has 17 heavy (non-hydrogen) atoms. The lowest BCUT2D eigenvalue weighted by Gasteiger charge is -2.25. The molecule has 5 nitrogen and oxygen atoms in total. The number of aromatic hydroxyl groups is 1. The van der Waals surface area contributed by atoms with Crippen LogP contribution in [0.3, 0.4) is 0 Å². The molecule has 1 N–H and O–H groups in total. The van der Waals surface area contributed by atoms with Crippen molar-refractivity contribution in [3.63, 3.8) is 0 Å². The monoisotopic (exact) mass is 275 g/mol. The zero-order chi connectivity index (χ0) is 12.5. The van der Waals surface area contributed by atoms with Crippen molar-refractivity contribution >= 4 is 20.8 Å². The summed E-state index contributed by atoms with van der Waals surface area (Å²) < 4.78 is 36.8. The lowest BCUT2D eigenvalue weighted by Crippen LogP contribution is -2.41. The number of phenols is 1. The van der Waals surface area contributed by atoms with Crippen molar-refractivity contribution in [3.05, 3.63) is 24.3 Å². The fourth-order valence-electron chi connectivity index (χ4n) is 1.63. The predicted molar refractivity (Wildman–Crippen MR) is 64.7 cm³/mol. The van der Waals surface area contributed by atoms with Gasteiger partial charge in [-0.1, -0.05) is 0 Å². The lowest BCUT2D eigenvalue weighted by atomic mass is 10.3. The van der Waals surface area contributed by atoms with Crippen LogP contribution in [0.15, 0.2) is 29.2 Å². The van der Waals surface area contributed by atoms with Gasteiger partial charge in [0.1, 0.15) is 5.75 Å². The third-order valence-corrected chi connectivity index (χ3v) is 5.80. The number of benzene rings is 1. The van der Waals surface area contributed by atoms with E-state index in [1.54, 1.807) is 0 Å². The largest absolute Gasteiger partial charge is 0.508 e. The summed E-state index contributed by atoms with van der Waals surface area (Å²) >= 11 is 0. The Morgan fingerprint density at radius 2 is 1.65 bits per heavy atom. The maximum absolute atomic E-state index is 12.2. The highest BCUT2D eigenvalue weighted by molar-refractivity contribution is 7.89. The van der Waals surface area contributed by atoms with E-state index in [0.717, 1.165) is 0 Å². The quantitative estimate of drug-likeness (QED) is 0.833. The van der Waals surface area contributed by atoms with Crippen LogP contribution in [0.1, 0.15) is 0 Å². The number of sulfonamides is 1. The molecule has 0 spiro atoms. The molecule has 0 amide bonds. The predicted octanol–water partition coefficient (Wildman–Crippen LogP) is 0.145. The molecule has 0 saturated carbocycles. The van der Waals surface area contributed by atoms with Crippen LogP contribution >= 0.6 is 0 Å². The molecule has 0 unspecified atom stereocenters. The Balaban J connectivity index is 2.24. The molecule has 7 heteroatoms. The van der Waals surface area contributed by atoms with Crippen LogP contribution in [0, 0.1) is 0 Å². The molecular weight excluding hydrogens is 262 g/mol. The molecule has 1 aromatic carbocycles. The van der Waals surface area contributed by atoms with Gasteiger partial charge in [-0.25, -0.2) is 8.42 Å². The summed E-state index contributed by atoms with van der Waals surface area (Å²) in [4.78, 5) is 0.156. The molecule has 1 aliphatic heterocycles. The van der Waals surface area contributed by atoms with Gasteiger partial charge in [0.05, 0.1) is 4.90 Å². The average Bonchev–Trinajstić information content (AvgIpc) is 2.30. The third kappa shape index (κ3) is 2.67. The highest BCUT2D eigenvalue weighted by Crippen LogP contribution is 2.19. The summed E-state index contributed by atoms with van der Waals surface area (Å²) in [5.41, 5.74) is 0. The Morgan fingerprint density at radius 1 is 1.12 bits per heavy atom. The van der Waals surface area contributed by atoms with Gasteiger partial charge in [0.25, 0.3) is 0 Å². The van der Waals surface area contributed by atoms with Crippen LogP contribution in [-0.4, -0.2) is 46.6 Å². The first-order valence-corrected chi connectivity index (χ1v) is 8.07. The summed E-state index contributed by atoms with van der Waals surface area (Å²) in [5, 5.41) is 9.12. The molecule has 94 valence electrons. The van der Waals surface area contributed by atoms with Crippen LogP contribution in [0.2, 0.25) is 0 Å². The van der Waals surface area contributed by atoms with Crippen LogP contribution in [0.25, 0.3) is 0 Å². The topological polar surface area (TPSA) is 74.7 Å². The van der Waals surface area contributed by atoms with E-state index >= 15 is 0 Å². The summed E-state index contributed by atoms with van der Waals surface area (Å²) in [6.45, 7) is 0.575. The fourth-order valence-corrected chi connectivity index (χ4v) is 4.35. The first kappa shape index (κ1) is 12.5. The first-order valence-electron chi connectivity index (χ1n) is 5.14. The second-order valence-electron chi connectivity index (χ2n) is 3.75. The van der Waals surface area contributed by atoms with Crippen molar-refractivity contribution in [2.75, 3.05) is 24.6 Å². The molecule has 1 fully saturated rings. The molecule has 2 rings (SSSR count). The minimum absolute atomic E-state index is 0.0312. The van der Waals surface area contributed by atoms with E-state index in [9.17, 15) is 12.6 Å². The van der Waals surface area contributed by atoms with E-state index in [2.05, 4.69) is 0 Å². The van der Waals surface area contributed by atoms with Gasteiger partial charge in [-0.15, -0.1) is 0 Å². The fraction of sp³-hybridized carbons (Fsp3) is 0.400. The van der Waals surface area contributed by atoms with Crippen LogP contribution in [0.5, 0.6) is 5.75 Å². The van der Waals surface area contributed by atoms with Gasteiger partial charge >= 0.3 is 0 Å². The van der Waals surface area contributed by atoms with Gasteiger partial charge in [0.2, 0.25) is 10.0 Å². The van der Waals surface area contributed by atoms with Crippen LogP contribution in [0.4, 0.5) is 0 Å². The zero-order valence-electron chi connectivity index (χ0n) is 9.07. The van der Waals surface area contributed by atoms with E-state index in [1.807, 2.05) is 0 Å². The van der Waals surface area contributed by atoms with Crippen molar-refractivity contribution in [2.45, 2.75) is 4.90 Å². The molecule has 0 atom stereocenters. The van der Waals surface area contributed by atoms with E-state index in [4.69, 9.17) is 5.11 Å². The minimum atomic E-state index is -3.51. The van der Waals surface area contributed by atoms with Crippen molar-refractivity contribution < 1.29 is 17.7 Å². The molecule has 0 aliphatic carbocycles. The molecule has 1 heterocycles. The van der Waals surface area contributed by atoms with Gasteiger partial charge in [-0.2, -0.15) is 4.31 Å². The molecule has 0 bridgehead atoms. The van der Waals surface area contributed by atoms with E-state index in [-0.39, 0.29) is 23.7 Å². The van der Waals surface area contributed by atoms with Gasteiger partial charge in [0, 0.05) is 35.4 Å². The molecule has 1 saturated heterocycles. The van der Waals surface area contributed by atoms with Crippen molar-refractivity contribution in [2.24, 2.45) is 0 Å². The smallest absolute Gasteiger partial charge is 0.243 e. The third-order valence-electron chi connectivity index (χ3n) is 2.61. The van der Waals surface area contributed by atoms with Crippen LogP contribution < -0.4 is 0 Å². The maximum Gasteiger partial charge on any atom is 0.243 e. The molecule has 1 aromatic rings. The van der Waals surface area contributed by atoms with E-state index in [1.165, 1.54) is 28.6 Å². The van der Waals surface area contributed by atoms with Crippen molar-refractivity contribution in [3.8, 4) is 5.75 Å². The summed E-state index contributed by atoms with van der Waals surface area (Å²) in [6, 6.07) is 5.43. The van der Waals surface area contributed by atoms with Crippen LogP contribution in [-0.2, 0) is 20.8 Å². The van der Waals surface area contributed by atoms with Gasteiger partial charge < -0.3 is 5.11 Å². The maximum atomic E-state index is 12.2.